The van der Waals surface area contributed by atoms with Gasteiger partial charge in [0, 0.05) is 5.02 Å². The highest BCUT2D eigenvalue weighted by atomic mass is 35.5. The van der Waals surface area contributed by atoms with Crippen LogP contribution < -0.4 is 0 Å². The predicted molar refractivity (Wildman–Crippen MR) is 48.2 cm³/mol. The lowest BCUT2D eigenvalue weighted by molar-refractivity contribution is 0.911. The second-order valence-corrected chi connectivity index (χ2v) is 3.65. The van der Waals surface area contributed by atoms with Gasteiger partial charge in [-0.3, -0.25) is 0 Å². The van der Waals surface area contributed by atoms with E-state index in [0.717, 1.165) is 5.02 Å². The minimum absolute atomic E-state index is 0.970. The highest BCUT2D eigenvalue weighted by Gasteiger charge is 2.13. The molecule has 0 heterocycles. The van der Waals surface area contributed by atoms with Crippen LogP contribution in [0.15, 0.2) is 12.1 Å². The van der Waals surface area contributed by atoms with Gasteiger partial charge in [0.15, 0.2) is 0 Å². The summed E-state index contributed by atoms with van der Waals surface area (Å²) in [5.74, 6) is 0. The number of aryl methyl sites for hydroxylation is 2. The van der Waals surface area contributed by atoms with Gasteiger partial charge in [-0.05, 0) is 48.9 Å². The third kappa shape index (κ3) is 1.16. The Balaban J connectivity index is 2.60. The van der Waals surface area contributed by atoms with E-state index in [9.17, 15) is 0 Å². The topological polar surface area (TPSA) is 0 Å². The molecule has 0 N–H and O–H groups in total. The van der Waals surface area contributed by atoms with Crippen molar-refractivity contribution in [1.29, 1.82) is 0 Å². The van der Waals surface area contributed by atoms with Gasteiger partial charge in [0.05, 0.1) is 0 Å². The molecule has 1 aromatic carbocycles. The number of hydrogen-bond acceptors (Lipinski definition) is 0. The Kier molecular flexibility index (Phi) is 1.65. The number of hydrogen-bond donors (Lipinski definition) is 0. The maximum absolute atomic E-state index is 6.07. The standard InChI is InChI=1S/C10H11Cl/c1-7-5-8-3-2-4-9(8)10(11)6-7/h5-6H,2-4H2,1H3. The van der Waals surface area contributed by atoms with Crippen molar-refractivity contribution in [1.82, 2.24) is 0 Å². The van der Waals surface area contributed by atoms with Crippen molar-refractivity contribution >= 4 is 11.6 Å². The molecule has 0 saturated heterocycles. The van der Waals surface area contributed by atoms with Gasteiger partial charge in [-0.1, -0.05) is 17.7 Å². The summed E-state index contributed by atoms with van der Waals surface area (Å²) < 4.78 is 0. The zero-order valence-corrected chi connectivity index (χ0v) is 7.41. The summed E-state index contributed by atoms with van der Waals surface area (Å²) in [5, 5.41) is 0.970. The van der Waals surface area contributed by atoms with Crippen molar-refractivity contribution in [2.75, 3.05) is 0 Å². The molecule has 2 rings (SSSR count). The first-order valence-corrected chi connectivity index (χ1v) is 4.43. The first-order valence-electron chi connectivity index (χ1n) is 4.05. The quantitative estimate of drug-likeness (QED) is 0.556. The number of rotatable bonds is 0. The van der Waals surface area contributed by atoms with Gasteiger partial charge in [0.25, 0.3) is 0 Å². The molecule has 1 aliphatic rings. The molecule has 0 spiro atoms. The molecule has 11 heavy (non-hydrogen) atoms. The molecule has 0 bridgehead atoms. The largest absolute Gasteiger partial charge is 0.0840 e. The molecule has 58 valence electrons. The maximum Gasteiger partial charge on any atom is 0.0443 e. The van der Waals surface area contributed by atoms with Gasteiger partial charge in [-0.15, -0.1) is 0 Å². The fourth-order valence-corrected chi connectivity index (χ4v) is 2.19. The van der Waals surface area contributed by atoms with Crippen molar-refractivity contribution in [2.45, 2.75) is 26.2 Å². The van der Waals surface area contributed by atoms with Crippen LogP contribution in [0, 0.1) is 6.92 Å². The zero-order chi connectivity index (χ0) is 7.84. The second-order valence-electron chi connectivity index (χ2n) is 3.24. The third-order valence-corrected chi connectivity index (χ3v) is 2.64. The molecule has 0 radical (unpaired) electrons. The van der Waals surface area contributed by atoms with Crippen LogP contribution in [0.25, 0.3) is 0 Å². The average Bonchev–Trinajstić information content (AvgIpc) is 2.34. The van der Waals surface area contributed by atoms with E-state index in [4.69, 9.17) is 11.6 Å². The normalized spacial score (nSPS) is 15.1. The molecule has 0 atom stereocenters. The van der Waals surface area contributed by atoms with E-state index in [1.54, 1.807) is 0 Å². The van der Waals surface area contributed by atoms with Crippen LogP contribution in [0.2, 0.25) is 5.02 Å². The Morgan fingerprint density at radius 3 is 2.91 bits per heavy atom. The van der Waals surface area contributed by atoms with E-state index in [1.165, 1.54) is 36.0 Å². The molecule has 0 amide bonds. The highest BCUT2D eigenvalue weighted by molar-refractivity contribution is 6.31. The molecule has 1 heteroatoms. The Hall–Kier alpha value is -0.490. The Labute approximate surface area is 72.2 Å². The summed E-state index contributed by atoms with van der Waals surface area (Å²) in [4.78, 5) is 0. The van der Waals surface area contributed by atoms with Gasteiger partial charge in [0.1, 0.15) is 0 Å². The van der Waals surface area contributed by atoms with Crippen LogP contribution in [0.4, 0.5) is 0 Å². The molecule has 0 unspecified atom stereocenters. The van der Waals surface area contributed by atoms with Gasteiger partial charge in [-0.2, -0.15) is 0 Å². The SMILES string of the molecule is Cc1cc(Cl)c2c(c1)CCC2. The zero-order valence-electron chi connectivity index (χ0n) is 6.65. The highest BCUT2D eigenvalue weighted by Crippen LogP contribution is 2.29. The predicted octanol–water partition coefficient (Wildman–Crippen LogP) is 3.14. The van der Waals surface area contributed by atoms with Crippen LogP contribution in [0.1, 0.15) is 23.1 Å². The Morgan fingerprint density at radius 1 is 1.27 bits per heavy atom. The summed E-state index contributed by atoms with van der Waals surface area (Å²) in [7, 11) is 0. The van der Waals surface area contributed by atoms with E-state index >= 15 is 0 Å². The van der Waals surface area contributed by atoms with Crippen LogP contribution in [-0.2, 0) is 12.8 Å². The molecule has 0 fully saturated rings. The van der Waals surface area contributed by atoms with Gasteiger partial charge in [0.2, 0.25) is 0 Å². The summed E-state index contributed by atoms with van der Waals surface area (Å²) in [6.07, 6.45) is 3.67. The summed E-state index contributed by atoms with van der Waals surface area (Å²) in [6, 6.07) is 4.32. The van der Waals surface area contributed by atoms with E-state index in [1.807, 2.05) is 0 Å². The third-order valence-electron chi connectivity index (χ3n) is 2.31. The van der Waals surface area contributed by atoms with Crippen molar-refractivity contribution < 1.29 is 0 Å². The number of fused-ring (bicyclic) bond motifs is 1. The lowest BCUT2D eigenvalue weighted by Gasteiger charge is -2.02. The number of halogens is 1. The number of benzene rings is 1. The molecule has 0 aliphatic heterocycles. The summed E-state index contributed by atoms with van der Waals surface area (Å²) in [5.41, 5.74) is 4.14. The molecule has 0 saturated carbocycles. The fourth-order valence-electron chi connectivity index (χ4n) is 1.80. The van der Waals surface area contributed by atoms with Crippen LogP contribution in [-0.4, -0.2) is 0 Å². The first-order chi connectivity index (χ1) is 5.27. The average molecular weight is 167 g/mol. The molecule has 1 aliphatic carbocycles. The van der Waals surface area contributed by atoms with E-state index in [0.29, 0.717) is 0 Å². The van der Waals surface area contributed by atoms with Gasteiger partial charge < -0.3 is 0 Å². The van der Waals surface area contributed by atoms with Crippen molar-refractivity contribution in [3.05, 3.63) is 33.8 Å². The molecule has 1 aromatic rings. The van der Waals surface area contributed by atoms with E-state index < -0.39 is 0 Å². The van der Waals surface area contributed by atoms with Crippen LogP contribution in [0.3, 0.4) is 0 Å². The van der Waals surface area contributed by atoms with Crippen LogP contribution >= 0.6 is 11.6 Å². The molecule has 0 aromatic heterocycles. The minimum atomic E-state index is 0.970. The summed E-state index contributed by atoms with van der Waals surface area (Å²) in [6.45, 7) is 2.10. The lowest BCUT2D eigenvalue weighted by Crippen LogP contribution is -1.84. The van der Waals surface area contributed by atoms with E-state index in [-0.39, 0.29) is 0 Å². The van der Waals surface area contributed by atoms with Gasteiger partial charge in [-0.25, -0.2) is 0 Å². The molecule has 0 nitrogen and oxygen atoms in total. The second kappa shape index (κ2) is 2.53. The minimum Gasteiger partial charge on any atom is -0.0840 e. The Morgan fingerprint density at radius 2 is 2.09 bits per heavy atom. The summed E-state index contributed by atoms with van der Waals surface area (Å²) >= 11 is 6.07. The monoisotopic (exact) mass is 166 g/mol. The lowest BCUT2D eigenvalue weighted by atomic mass is 10.1. The maximum atomic E-state index is 6.07. The van der Waals surface area contributed by atoms with Crippen LogP contribution in [0.5, 0.6) is 0 Å². The first kappa shape index (κ1) is 7.17. The van der Waals surface area contributed by atoms with Crippen molar-refractivity contribution in [3.63, 3.8) is 0 Å². The molecular weight excluding hydrogens is 156 g/mol. The molecular formula is C10H11Cl. The Bertz CT molecular complexity index is 289. The smallest absolute Gasteiger partial charge is 0.0443 e. The fraction of sp³-hybridized carbons (Fsp3) is 0.400. The van der Waals surface area contributed by atoms with Gasteiger partial charge >= 0.3 is 0 Å². The van der Waals surface area contributed by atoms with Crippen molar-refractivity contribution in [2.24, 2.45) is 0 Å². The van der Waals surface area contributed by atoms with E-state index in [2.05, 4.69) is 19.1 Å². The van der Waals surface area contributed by atoms with Crippen molar-refractivity contribution in [3.8, 4) is 0 Å².